The maximum atomic E-state index is 11.7. The fraction of sp³-hybridized carbons (Fsp3) is 0.833. The van der Waals surface area contributed by atoms with Crippen molar-refractivity contribution in [1.82, 2.24) is 4.90 Å². The van der Waals surface area contributed by atoms with Crippen LogP contribution in [0.25, 0.3) is 0 Å². The molecule has 0 aromatic carbocycles. The first-order valence-corrected chi connectivity index (χ1v) is 6.30. The average Bonchev–Trinajstić information content (AvgIpc) is 2.82. The highest BCUT2D eigenvalue weighted by Gasteiger charge is 2.36. The zero-order valence-corrected chi connectivity index (χ0v) is 10.6. The fourth-order valence-corrected chi connectivity index (χ4v) is 1.80. The molecule has 1 atom stereocenters. The van der Waals surface area contributed by atoms with Crippen LogP contribution in [-0.2, 0) is 14.3 Å². The van der Waals surface area contributed by atoms with E-state index in [9.17, 15) is 9.59 Å². The Kier molecular flexibility index (Phi) is 5.80. The average molecular weight is 243 g/mol. The first-order valence-electron chi connectivity index (χ1n) is 6.30. The van der Waals surface area contributed by atoms with E-state index in [1.165, 1.54) is 4.90 Å². The third-order valence-corrected chi connectivity index (χ3v) is 2.64. The Hall–Kier alpha value is -1.26. The molecular formula is C12H21NO4. The number of hydrogen-bond acceptors (Lipinski definition) is 4. The van der Waals surface area contributed by atoms with Crippen molar-refractivity contribution < 1.29 is 19.1 Å². The van der Waals surface area contributed by atoms with Crippen LogP contribution in [0.4, 0.5) is 4.79 Å². The molecule has 0 saturated carbocycles. The second-order valence-corrected chi connectivity index (χ2v) is 4.13. The Morgan fingerprint density at radius 3 is 2.47 bits per heavy atom. The molecule has 17 heavy (non-hydrogen) atoms. The lowest BCUT2D eigenvalue weighted by molar-refractivity contribution is -0.148. The van der Waals surface area contributed by atoms with Crippen LogP contribution >= 0.6 is 0 Å². The summed E-state index contributed by atoms with van der Waals surface area (Å²) in [6.45, 7) is 5.26. The zero-order chi connectivity index (χ0) is 12.7. The molecule has 1 aliphatic rings. The van der Waals surface area contributed by atoms with Gasteiger partial charge in [-0.1, -0.05) is 13.8 Å². The molecule has 1 saturated heterocycles. The predicted molar refractivity (Wildman–Crippen MR) is 62.6 cm³/mol. The lowest BCUT2D eigenvalue weighted by Crippen LogP contribution is -2.41. The zero-order valence-electron chi connectivity index (χ0n) is 10.6. The third kappa shape index (κ3) is 3.91. The summed E-state index contributed by atoms with van der Waals surface area (Å²) in [6, 6.07) is -0.453. The summed E-state index contributed by atoms with van der Waals surface area (Å²) in [4.78, 5) is 24.9. The summed E-state index contributed by atoms with van der Waals surface area (Å²) >= 11 is 0. The number of rotatable bonds is 5. The topological polar surface area (TPSA) is 55.8 Å². The number of likely N-dealkylation sites (tertiary alicyclic amines) is 1. The standard InChI is InChI=1S/C12H21NO4/c1-3-8-16-11(14)10-6-5-7-13(10)12(15)17-9-4-2/h10H,3-9H2,1-2H3. The Balaban J connectivity index is 2.47. The monoisotopic (exact) mass is 243 g/mol. The highest BCUT2D eigenvalue weighted by Crippen LogP contribution is 2.19. The van der Waals surface area contributed by atoms with Gasteiger partial charge in [-0.2, -0.15) is 0 Å². The second kappa shape index (κ2) is 7.14. The van der Waals surface area contributed by atoms with Crippen molar-refractivity contribution in [2.75, 3.05) is 19.8 Å². The van der Waals surface area contributed by atoms with Gasteiger partial charge < -0.3 is 9.47 Å². The van der Waals surface area contributed by atoms with Crippen LogP contribution in [0.2, 0.25) is 0 Å². The summed E-state index contributed by atoms with van der Waals surface area (Å²) in [5, 5.41) is 0. The largest absolute Gasteiger partial charge is 0.464 e. The van der Waals surface area contributed by atoms with Gasteiger partial charge in [0.1, 0.15) is 6.04 Å². The minimum absolute atomic E-state index is 0.308. The number of esters is 1. The highest BCUT2D eigenvalue weighted by molar-refractivity contribution is 5.82. The molecule has 0 radical (unpaired) electrons. The molecule has 5 heteroatoms. The Labute approximate surface area is 102 Å². The summed E-state index contributed by atoms with van der Waals surface area (Å²) < 4.78 is 10.1. The smallest absolute Gasteiger partial charge is 0.410 e. The molecule has 1 amide bonds. The van der Waals surface area contributed by atoms with E-state index < -0.39 is 12.1 Å². The Bertz CT molecular complexity index is 241. The van der Waals surface area contributed by atoms with E-state index in [2.05, 4.69) is 0 Å². The van der Waals surface area contributed by atoms with Gasteiger partial charge in [0.2, 0.25) is 0 Å². The maximum Gasteiger partial charge on any atom is 0.410 e. The molecule has 0 aromatic heterocycles. The number of carbonyl (C=O) groups is 2. The molecule has 98 valence electrons. The van der Waals surface area contributed by atoms with Crippen LogP contribution in [0.15, 0.2) is 0 Å². The molecule has 0 N–H and O–H groups in total. The van der Waals surface area contributed by atoms with Crippen molar-refractivity contribution in [2.24, 2.45) is 0 Å². The van der Waals surface area contributed by atoms with Crippen molar-refractivity contribution in [3.05, 3.63) is 0 Å². The summed E-state index contributed by atoms with van der Waals surface area (Å²) in [6.07, 6.45) is 2.67. The first kappa shape index (κ1) is 13.8. The molecule has 0 aliphatic carbocycles. The lowest BCUT2D eigenvalue weighted by Gasteiger charge is -2.22. The molecule has 0 spiro atoms. The Morgan fingerprint density at radius 2 is 1.82 bits per heavy atom. The van der Waals surface area contributed by atoms with E-state index in [0.717, 1.165) is 19.3 Å². The van der Waals surface area contributed by atoms with Gasteiger partial charge in [-0.05, 0) is 25.7 Å². The van der Waals surface area contributed by atoms with Crippen LogP contribution < -0.4 is 0 Å². The second-order valence-electron chi connectivity index (χ2n) is 4.13. The fourth-order valence-electron chi connectivity index (χ4n) is 1.80. The maximum absolute atomic E-state index is 11.7. The SMILES string of the molecule is CCCOC(=O)C1CCCN1C(=O)OCCC. The Morgan fingerprint density at radius 1 is 1.18 bits per heavy atom. The van der Waals surface area contributed by atoms with Crippen molar-refractivity contribution in [3.63, 3.8) is 0 Å². The number of ether oxygens (including phenoxy) is 2. The van der Waals surface area contributed by atoms with E-state index in [1.54, 1.807) is 0 Å². The molecule has 0 aromatic rings. The minimum atomic E-state index is -0.453. The minimum Gasteiger partial charge on any atom is -0.464 e. The molecule has 1 heterocycles. The molecule has 1 unspecified atom stereocenters. The van der Waals surface area contributed by atoms with Crippen molar-refractivity contribution in [2.45, 2.75) is 45.6 Å². The summed E-state index contributed by atoms with van der Waals surface area (Å²) in [7, 11) is 0. The normalized spacial score (nSPS) is 19.2. The molecule has 1 rings (SSSR count). The highest BCUT2D eigenvalue weighted by atomic mass is 16.6. The van der Waals surface area contributed by atoms with E-state index >= 15 is 0 Å². The molecular weight excluding hydrogens is 222 g/mol. The molecule has 1 aliphatic heterocycles. The lowest BCUT2D eigenvalue weighted by atomic mass is 10.2. The van der Waals surface area contributed by atoms with E-state index in [1.807, 2.05) is 13.8 Å². The van der Waals surface area contributed by atoms with E-state index in [0.29, 0.717) is 26.2 Å². The van der Waals surface area contributed by atoms with Crippen molar-refractivity contribution in [1.29, 1.82) is 0 Å². The summed E-state index contributed by atoms with van der Waals surface area (Å²) in [5.41, 5.74) is 0. The number of nitrogens with zero attached hydrogens (tertiary/aromatic N) is 1. The first-order chi connectivity index (χ1) is 8.20. The van der Waals surface area contributed by atoms with Gasteiger partial charge in [-0.25, -0.2) is 9.59 Å². The molecule has 5 nitrogen and oxygen atoms in total. The quantitative estimate of drug-likeness (QED) is 0.692. The van der Waals surface area contributed by atoms with Gasteiger partial charge in [0.15, 0.2) is 0 Å². The van der Waals surface area contributed by atoms with Gasteiger partial charge in [0.25, 0.3) is 0 Å². The van der Waals surface area contributed by atoms with Gasteiger partial charge in [-0.3, -0.25) is 4.90 Å². The van der Waals surface area contributed by atoms with Crippen LogP contribution in [0.1, 0.15) is 39.5 Å². The van der Waals surface area contributed by atoms with E-state index in [4.69, 9.17) is 9.47 Å². The summed E-state index contributed by atoms with van der Waals surface area (Å²) in [5.74, 6) is -0.308. The van der Waals surface area contributed by atoms with Crippen LogP contribution in [0, 0.1) is 0 Å². The van der Waals surface area contributed by atoms with Gasteiger partial charge in [0.05, 0.1) is 13.2 Å². The van der Waals surface area contributed by atoms with Gasteiger partial charge >= 0.3 is 12.1 Å². The van der Waals surface area contributed by atoms with Gasteiger partial charge in [0, 0.05) is 6.54 Å². The van der Waals surface area contributed by atoms with Crippen LogP contribution in [-0.4, -0.2) is 42.8 Å². The molecule has 0 bridgehead atoms. The molecule has 1 fully saturated rings. The van der Waals surface area contributed by atoms with Gasteiger partial charge in [-0.15, -0.1) is 0 Å². The number of carbonyl (C=O) groups excluding carboxylic acids is 2. The van der Waals surface area contributed by atoms with Crippen LogP contribution in [0.3, 0.4) is 0 Å². The third-order valence-electron chi connectivity index (χ3n) is 2.64. The van der Waals surface area contributed by atoms with E-state index in [-0.39, 0.29) is 5.97 Å². The number of hydrogen-bond donors (Lipinski definition) is 0. The van der Waals surface area contributed by atoms with Crippen LogP contribution in [0.5, 0.6) is 0 Å². The predicted octanol–water partition coefficient (Wildman–Crippen LogP) is 1.95. The van der Waals surface area contributed by atoms with Crippen molar-refractivity contribution in [3.8, 4) is 0 Å². The van der Waals surface area contributed by atoms with Crippen molar-refractivity contribution >= 4 is 12.1 Å². The number of amides is 1.